The standard InChI is InChI=1S/C17H17N3O2S/c21-16(15-4-2-6-23-15)19-13-7-11-8-14(13)20(10-11)17(22)12-3-1-5-18-9-12/h1-6,9,11,13-14H,7-8,10H2,(H,19,21). The van der Waals surface area contributed by atoms with Crippen LogP contribution in [0.5, 0.6) is 0 Å². The van der Waals surface area contributed by atoms with Crippen LogP contribution in [0, 0.1) is 5.92 Å². The number of hydrogen-bond donors (Lipinski definition) is 1. The van der Waals surface area contributed by atoms with Gasteiger partial charge in [-0.05, 0) is 42.3 Å². The van der Waals surface area contributed by atoms with Gasteiger partial charge in [-0.15, -0.1) is 11.3 Å². The second kappa shape index (κ2) is 5.77. The van der Waals surface area contributed by atoms with Crippen LogP contribution in [0.4, 0.5) is 0 Å². The smallest absolute Gasteiger partial charge is 0.261 e. The molecule has 3 heterocycles. The topological polar surface area (TPSA) is 62.3 Å². The molecule has 23 heavy (non-hydrogen) atoms. The molecule has 5 nitrogen and oxygen atoms in total. The van der Waals surface area contributed by atoms with Crippen molar-refractivity contribution in [3.8, 4) is 0 Å². The van der Waals surface area contributed by atoms with Crippen molar-refractivity contribution < 1.29 is 9.59 Å². The van der Waals surface area contributed by atoms with E-state index >= 15 is 0 Å². The van der Waals surface area contributed by atoms with Crippen LogP contribution in [0.1, 0.15) is 32.9 Å². The Hall–Kier alpha value is -2.21. The third-order valence-corrected chi connectivity index (χ3v) is 5.58. The molecule has 0 spiro atoms. The van der Waals surface area contributed by atoms with E-state index < -0.39 is 0 Å². The summed E-state index contributed by atoms with van der Waals surface area (Å²) in [5.74, 6) is 0.459. The van der Waals surface area contributed by atoms with Crippen molar-refractivity contribution in [1.82, 2.24) is 15.2 Å². The quantitative estimate of drug-likeness (QED) is 0.940. The second-order valence-electron chi connectivity index (χ2n) is 6.16. The molecule has 2 bridgehead atoms. The van der Waals surface area contributed by atoms with Crippen LogP contribution in [0.15, 0.2) is 42.0 Å². The fourth-order valence-electron chi connectivity index (χ4n) is 3.72. The SMILES string of the molecule is O=C(NC1CC2CC1N(C(=O)c1cccnc1)C2)c1cccs1. The zero-order valence-electron chi connectivity index (χ0n) is 12.5. The lowest BCUT2D eigenvalue weighted by Gasteiger charge is -2.33. The number of nitrogens with zero attached hydrogens (tertiary/aromatic N) is 2. The van der Waals surface area contributed by atoms with E-state index in [0.29, 0.717) is 11.5 Å². The number of fused-ring (bicyclic) bond motifs is 2. The molecule has 2 aromatic heterocycles. The van der Waals surface area contributed by atoms with Crippen LogP contribution in [-0.2, 0) is 0 Å². The van der Waals surface area contributed by atoms with Crippen molar-refractivity contribution in [2.45, 2.75) is 24.9 Å². The lowest BCUT2D eigenvalue weighted by Crippen LogP contribution is -2.51. The molecular formula is C17H17N3O2S. The first-order valence-corrected chi connectivity index (χ1v) is 8.65. The second-order valence-corrected chi connectivity index (χ2v) is 7.11. The van der Waals surface area contributed by atoms with E-state index in [-0.39, 0.29) is 23.9 Å². The van der Waals surface area contributed by atoms with Crippen molar-refractivity contribution in [2.24, 2.45) is 5.92 Å². The summed E-state index contributed by atoms with van der Waals surface area (Å²) >= 11 is 1.44. The molecule has 2 amide bonds. The van der Waals surface area contributed by atoms with Gasteiger partial charge in [-0.1, -0.05) is 6.07 Å². The van der Waals surface area contributed by atoms with E-state index in [4.69, 9.17) is 0 Å². The number of amides is 2. The van der Waals surface area contributed by atoms with Crippen LogP contribution in [0.25, 0.3) is 0 Å². The molecule has 1 N–H and O–H groups in total. The number of hydrogen-bond acceptors (Lipinski definition) is 4. The summed E-state index contributed by atoms with van der Waals surface area (Å²) in [6.07, 6.45) is 5.20. The van der Waals surface area contributed by atoms with Gasteiger partial charge in [0, 0.05) is 25.0 Å². The van der Waals surface area contributed by atoms with Gasteiger partial charge in [-0.2, -0.15) is 0 Å². The summed E-state index contributed by atoms with van der Waals surface area (Å²) < 4.78 is 0. The first-order chi connectivity index (χ1) is 11.2. The highest BCUT2D eigenvalue weighted by Crippen LogP contribution is 2.38. The van der Waals surface area contributed by atoms with E-state index in [1.807, 2.05) is 22.4 Å². The van der Waals surface area contributed by atoms with Crippen molar-refractivity contribution in [2.75, 3.05) is 6.54 Å². The summed E-state index contributed by atoms with van der Waals surface area (Å²) in [7, 11) is 0. The first-order valence-electron chi connectivity index (χ1n) is 7.78. The molecule has 1 saturated heterocycles. The Morgan fingerprint density at radius 3 is 2.87 bits per heavy atom. The number of thiophene rings is 1. The molecule has 0 aromatic carbocycles. The Kier molecular flexibility index (Phi) is 3.61. The molecule has 118 valence electrons. The average molecular weight is 327 g/mol. The number of piperidine rings is 1. The maximum absolute atomic E-state index is 12.7. The maximum atomic E-state index is 12.7. The van der Waals surface area contributed by atoms with Gasteiger partial charge in [0.05, 0.1) is 16.5 Å². The molecule has 4 rings (SSSR count). The average Bonchev–Trinajstić information content (AvgIpc) is 3.31. The summed E-state index contributed by atoms with van der Waals surface area (Å²) in [4.78, 5) is 31.6. The number of carbonyl (C=O) groups excluding carboxylic acids is 2. The Bertz CT molecular complexity index is 717. The van der Waals surface area contributed by atoms with Gasteiger partial charge in [0.2, 0.25) is 0 Å². The molecule has 3 unspecified atom stereocenters. The summed E-state index contributed by atoms with van der Waals surface area (Å²) in [5.41, 5.74) is 0.614. The van der Waals surface area contributed by atoms with Crippen LogP contribution in [0.2, 0.25) is 0 Å². The Morgan fingerprint density at radius 2 is 2.17 bits per heavy atom. The van der Waals surface area contributed by atoms with Crippen LogP contribution in [-0.4, -0.2) is 40.3 Å². The van der Waals surface area contributed by atoms with Gasteiger partial charge >= 0.3 is 0 Å². The van der Waals surface area contributed by atoms with Crippen LogP contribution in [0.3, 0.4) is 0 Å². The lowest BCUT2D eigenvalue weighted by atomic mass is 10.0. The van der Waals surface area contributed by atoms with Crippen LogP contribution >= 0.6 is 11.3 Å². The molecule has 2 aliphatic rings. The van der Waals surface area contributed by atoms with Gasteiger partial charge in [0.15, 0.2) is 0 Å². The highest BCUT2D eigenvalue weighted by molar-refractivity contribution is 7.12. The fourth-order valence-corrected chi connectivity index (χ4v) is 4.34. The molecule has 0 radical (unpaired) electrons. The Morgan fingerprint density at radius 1 is 1.26 bits per heavy atom. The molecule has 6 heteroatoms. The number of carbonyl (C=O) groups is 2. The summed E-state index contributed by atoms with van der Waals surface area (Å²) in [6.45, 7) is 0.782. The Balaban J connectivity index is 1.48. The molecule has 2 fully saturated rings. The van der Waals surface area contributed by atoms with Gasteiger partial charge < -0.3 is 10.2 Å². The van der Waals surface area contributed by atoms with Crippen molar-refractivity contribution in [1.29, 1.82) is 0 Å². The molecular weight excluding hydrogens is 310 g/mol. The van der Waals surface area contributed by atoms with Gasteiger partial charge in [0.25, 0.3) is 11.8 Å². The zero-order valence-corrected chi connectivity index (χ0v) is 13.3. The van der Waals surface area contributed by atoms with Crippen LogP contribution < -0.4 is 5.32 Å². The van der Waals surface area contributed by atoms with Crippen molar-refractivity contribution >= 4 is 23.2 Å². The number of nitrogens with one attached hydrogen (secondary N) is 1. The largest absolute Gasteiger partial charge is 0.347 e. The summed E-state index contributed by atoms with van der Waals surface area (Å²) in [6, 6.07) is 7.41. The predicted molar refractivity (Wildman–Crippen MR) is 87.4 cm³/mol. The highest BCUT2D eigenvalue weighted by atomic mass is 32.1. The maximum Gasteiger partial charge on any atom is 0.261 e. The number of pyridine rings is 1. The van der Waals surface area contributed by atoms with Crippen molar-refractivity contribution in [3.63, 3.8) is 0 Å². The monoisotopic (exact) mass is 327 g/mol. The normalized spacial score (nSPS) is 25.6. The van der Waals surface area contributed by atoms with E-state index in [1.54, 1.807) is 24.5 Å². The van der Waals surface area contributed by atoms with Gasteiger partial charge in [0.1, 0.15) is 0 Å². The fraction of sp³-hybridized carbons (Fsp3) is 0.353. The number of aromatic nitrogens is 1. The van der Waals surface area contributed by atoms with Gasteiger partial charge in [-0.25, -0.2) is 0 Å². The van der Waals surface area contributed by atoms with E-state index in [0.717, 1.165) is 24.3 Å². The first kappa shape index (κ1) is 14.4. The van der Waals surface area contributed by atoms with E-state index in [1.165, 1.54) is 11.3 Å². The van der Waals surface area contributed by atoms with E-state index in [2.05, 4.69) is 10.3 Å². The highest BCUT2D eigenvalue weighted by Gasteiger charge is 2.47. The van der Waals surface area contributed by atoms with Crippen molar-refractivity contribution in [3.05, 3.63) is 52.5 Å². The molecule has 1 aliphatic heterocycles. The van der Waals surface area contributed by atoms with E-state index in [9.17, 15) is 9.59 Å². The third kappa shape index (κ3) is 2.63. The third-order valence-electron chi connectivity index (χ3n) is 4.71. The number of likely N-dealkylation sites (tertiary alicyclic amines) is 1. The molecule has 2 aromatic rings. The minimum atomic E-state index is -0.0358. The molecule has 1 aliphatic carbocycles. The lowest BCUT2D eigenvalue weighted by molar-refractivity contribution is 0.0648. The predicted octanol–water partition coefficient (Wildman–Crippen LogP) is 2.18. The summed E-state index contributed by atoms with van der Waals surface area (Å²) in [5, 5.41) is 5.01. The number of rotatable bonds is 3. The zero-order chi connectivity index (χ0) is 15.8. The minimum absolute atomic E-state index is 0.0145. The minimum Gasteiger partial charge on any atom is -0.347 e. The Labute approximate surface area is 138 Å². The molecule has 1 saturated carbocycles. The van der Waals surface area contributed by atoms with Gasteiger partial charge in [-0.3, -0.25) is 14.6 Å². The molecule has 3 atom stereocenters.